The van der Waals surface area contributed by atoms with E-state index in [1.165, 1.54) is 0 Å². The van der Waals surface area contributed by atoms with Crippen LogP contribution < -0.4 is 25.0 Å². The minimum atomic E-state index is -0.677. The van der Waals surface area contributed by atoms with Gasteiger partial charge >= 0.3 is 147 Å². The van der Waals surface area contributed by atoms with E-state index in [2.05, 4.69) is 26.1 Å². The number of hydrogen-bond acceptors (Lipinski definition) is 6. The van der Waals surface area contributed by atoms with E-state index in [4.69, 9.17) is 9.47 Å². The summed E-state index contributed by atoms with van der Waals surface area (Å²) in [5, 5.41) is 9.24. The van der Waals surface area contributed by atoms with Gasteiger partial charge in [0, 0.05) is 0 Å². The monoisotopic (exact) mass is 520 g/mol. The summed E-state index contributed by atoms with van der Waals surface area (Å²) in [5.41, 5.74) is 0. The number of ether oxygens (including phenoxy) is 2. The summed E-state index contributed by atoms with van der Waals surface area (Å²) in [4.78, 5) is 24.4. The van der Waals surface area contributed by atoms with Gasteiger partial charge in [-0.2, -0.15) is 0 Å². The number of alkyl halides is 2. The fourth-order valence-electron chi connectivity index (χ4n) is 3.99. The molecule has 4 aliphatic rings. The second-order valence-electron chi connectivity index (χ2n) is 6.19. The van der Waals surface area contributed by atoms with E-state index < -0.39 is 3.42 Å². The zero-order chi connectivity index (χ0) is 14.8. The number of rotatable bonds is 5. The molecule has 0 aromatic heterocycles. The van der Waals surface area contributed by atoms with Crippen LogP contribution in [0.4, 0.5) is 0 Å². The molecule has 8 heteroatoms. The average Bonchev–Trinajstić information content (AvgIpc) is 3.09. The van der Waals surface area contributed by atoms with E-state index >= 15 is 0 Å². The van der Waals surface area contributed by atoms with Crippen molar-refractivity contribution >= 4 is 34.5 Å². The second-order valence-corrected chi connectivity index (χ2v) is 10.6. The third-order valence-electron chi connectivity index (χ3n) is 5.09. The molecule has 0 amide bonds. The number of fused-ring (bicyclic) bond motifs is 1. The van der Waals surface area contributed by atoms with Crippen molar-refractivity contribution in [2.75, 3.05) is 6.61 Å². The molecule has 2 saturated carbocycles. The molecule has 6 nitrogen and oxygen atoms in total. The molecule has 118 valence electrons. The molecule has 0 radical (unpaired) electrons. The average molecular weight is 520 g/mol. The number of carbonyl (C=O) groups excluding carboxylic acids is 2. The summed E-state index contributed by atoms with van der Waals surface area (Å²) in [5.74, 6) is 0.166. The fourth-order valence-corrected chi connectivity index (χ4v) is 7.67. The van der Waals surface area contributed by atoms with Crippen LogP contribution in [0.15, 0.2) is 0 Å². The Hall–Kier alpha value is 0.320. The number of hydrogen-bond donors (Lipinski definition) is 2. The number of aliphatic hydroxyl groups is 1. The Kier molecular flexibility index (Phi) is 3.66. The Balaban J connectivity index is 1.49. The third kappa shape index (κ3) is 2.23. The summed E-state index contributed by atoms with van der Waals surface area (Å²) in [6.45, 7) is -0.0306. The molecule has 0 aromatic rings. The standard InChI is InChI=1S/C13H16I2NO5/c14-13(1-2-17,11-15-16-11)12(19)21-8-5-3-6-7(4-5)10(18)20-9(6)8/h5-9,11,16-17H,1-4H2/q-1. The predicted octanol–water partition coefficient (Wildman–Crippen LogP) is -3.03. The van der Waals surface area contributed by atoms with E-state index in [0.717, 1.165) is 12.8 Å². The van der Waals surface area contributed by atoms with E-state index in [-0.39, 0.29) is 74.0 Å². The van der Waals surface area contributed by atoms with Crippen molar-refractivity contribution in [1.29, 1.82) is 0 Å². The Bertz CT molecular complexity index is 499. The van der Waals surface area contributed by atoms with Crippen molar-refractivity contribution in [2.45, 2.75) is 38.9 Å². The molecule has 2 heterocycles. The predicted molar refractivity (Wildman–Crippen MR) is 74.8 cm³/mol. The van der Waals surface area contributed by atoms with Crippen LogP contribution in [0, 0.1) is 17.8 Å². The Morgan fingerprint density at radius 2 is 2.33 bits per heavy atom. The normalized spacial score (nSPS) is 45.7. The first-order chi connectivity index (χ1) is 10.0. The van der Waals surface area contributed by atoms with Gasteiger partial charge < -0.3 is 0 Å². The Morgan fingerprint density at radius 1 is 1.57 bits per heavy atom. The van der Waals surface area contributed by atoms with Crippen LogP contribution in [0.3, 0.4) is 0 Å². The molecule has 2 N–H and O–H groups in total. The quantitative estimate of drug-likeness (QED) is 0.100. The number of esters is 2. The molecule has 0 aromatic carbocycles. The van der Waals surface area contributed by atoms with Crippen molar-refractivity contribution in [3.8, 4) is 0 Å². The Morgan fingerprint density at radius 3 is 3.00 bits per heavy atom. The molecule has 2 aliphatic carbocycles. The van der Waals surface area contributed by atoms with Crippen LogP contribution in [-0.2, 0) is 19.1 Å². The maximum absolute atomic E-state index is 12.6. The van der Waals surface area contributed by atoms with Crippen LogP contribution in [0.25, 0.3) is 0 Å². The number of nitrogens with one attached hydrogen (secondary N) is 1. The van der Waals surface area contributed by atoms with Gasteiger partial charge in [0.25, 0.3) is 0 Å². The Labute approximate surface area is 146 Å². The van der Waals surface area contributed by atoms with Crippen molar-refractivity contribution in [1.82, 2.24) is 3.53 Å². The summed E-state index contributed by atoms with van der Waals surface area (Å²) in [6.07, 6.45) is 1.61. The number of carbonyl (C=O) groups is 2. The van der Waals surface area contributed by atoms with Gasteiger partial charge in [-0.3, -0.25) is 0 Å². The first-order valence-corrected chi connectivity index (χ1v) is 10.5. The molecule has 0 spiro atoms. The summed E-state index contributed by atoms with van der Waals surface area (Å²) >= 11 is 1.97. The molecule has 4 rings (SSSR count). The molecule has 7 unspecified atom stereocenters. The van der Waals surface area contributed by atoms with Crippen LogP contribution in [-0.4, -0.2) is 43.3 Å². The minimum absolute atomic E-state index is 0.0306. The number of halogens is 2. The zero-order valence-electron chi connectivity index (χ0n) is 11.1. The summed E-state index contributed by atoms with van der Waals surface area (Å²) in [6, 6.07) is 0. The molecular formula is C13H16I2NO5-. The van der Waals surface area contributed by atoms with Crippen LogP contribution >= 0.6 is 22.6 Å². The van der Waals surface area contributed by atoms with Crippen molar-refractivity contribution < 1.29 is 45.6 Å². The topological polar surface area (TPSA) is 94.8 Å². The van der Waals surface area contributed by atoms with E-state index in [9.17, 15) is 14.7 Å². The molecule has 21 heavy (non-hydrogen) atoms. The first-order valence-electron chi connectivity index (χ1n) is 7.14. The molecule has 2 aliphatic heterocycles. The van der Waals surface area contributed by atoms with Gasteiger partial charge in [0.1, 0.15) is 0 Å². The van der Waals surface area contributed by atoms with E-state index in [1.807, 2.05) is 0 Å². The van der Waals surface area contributed by atoms with E-state index in [1.54, 1.807) is 0 Å². The van der Waals surface area contributed by atoms with E-state index in [0.29, 0.717) is 6.42 Å². The first kappa shape index (κ1) is 14.9. The van der Waals surface area contributed by atoms with Gasteiger partial charge in [-0.25, -0.2) is 0 Å². The van der Waals surface area contributed by atoms with Gasteiger partial charge in [-0.15, -0.1) is 0 Å². The zero-order valence-corrected chi connectivity index (χ0v) is 15.4. The van der Waals surface area contributed by atoms with Gasteiger partial charge in [-0.05, 0) is 0 Å². The molecular weight excluding hydrogens is 504 g/mol. The second kappa shape index (κ2) is 5.17. The summed E-state index contributed by atoms with van der Waals surface area (Å²) in [7, 11) is 0. The van der Waals surface area contributed by atoms with Gasteiger partial charge in [0.2, 0.25) is 0 Å². The summed E-state index contributed by atoms with van der Waals surface area (Å²) < 4.78 is 14.0. The third-order valence-corrected chi connectivity index (χ3v) is 10.2. The molecule has 4 fully saturated rings. The van der Waals surface area contributed by atoms with Crippen molar-refractivity contribution in [3.05, 3.63) is 0 Å². The SMILES string of the molecule is O=C1OC2C3CC(CC13)C2OC(=O)C(I)(CCO)C1N[I-]1. The van der Waals surface area contributed by atoms with Crippen molar-refractivity contribution in [2.24, 2.45) is 17.8 Å². The van der Waals surface area contributed by atoms with Crippen LogP contribution in [0.5, 0.6) is 0 Å². The molecule has 7 atom stereocenters. The van der Waals surface area contributed by atoms with Crippen LogP contribution in [0.2, 0.25) is 0 Å². The van der Waals surface area contributed by atoms with Gasteiger partial charge in [0.15, 0.2) is 0 Å². The number of aliphatic hydroxyl groups excluding tert-OH is 1. The van der Waals surface area contributed by atoms with Crippen LogP contribution in [0.1, 0.15) is 19.3 Å². The van der Waals surface area contributed by atoms with Gasteiger partial charge in [0.05, 0.1) is 0 Å². The maximum atomic E-state index is 12.6. The van der Waals surface area contributed by atoms with Gasteiger partial charge in [-0.1, -0.05) is 0 Å². The fraction of sp³-hybridized carbons (Fsp3) is 0.846. The van der Waals surface area contributed by atoms with Crippen molar-refractivity contribution in [3.63, 3.8) is 0 Å². The molecule has 2 bridgehead atoms. The molecule has 2 saturated heterocycles.